The molecule has 1 aromatic heterocycles. The summed E-state index contributed by atoms with van der Waals surface area (Å²) in [7, 11) is -3.93. The maximum Gasteiger partial charge on any atom is 0.283 e. The van der Waals surface area contributed by atoms with Gasteiger partial charge in [0.05, 0.1) is 10.6 Å². The monoisotopic (exact) mass is 511 g/mol. The van der Waals surface area contributed by atoms with Crippen molar-refractivity contribution >= 4 is 50.8 Å². The number of sulfonamides is 1. The first kappa shape index (κ1) is 24.4. The predicted octanol–water partition coefficient (Wildman–Crippen LogP) is 4.14. The molecular formula is C24H22ClN5O4S. The van der Waals surface area contributed by atoms with Crippen LogP contribution in [0.5, 0.6) is 0 Å². The van der Waals surface area contributed by atoms with Gasteiger partial charge in [0.1, 0.15) is 10.7 Å². The normalized spacial score (nSPS) is 14.1. The van der Waals surface area contributed by atoms with Crippen LogP contribution in [0.4, 0.5) is 17.3 Å². The molecule has 0 saturated heterocycles. The minimum Gasteiger partial charge on any atom is -0.350 e. The van der Waals surface area contributed by atoms with Crippen molar-refractivity contribution < 1.29 is 18.0 Å². The number of carbonyl (C=O) groups is 2. The van der Waals surface area contributed by atoms with Gasteiger partial charge in [-0.25, -0.2) is 28.0 Å². The maximum atomic E-state index is 13.0. The van der Waals surface area contributed by atoms with Crippen LogP contribution >= 0.6 is 11.6 Å². The van der Waals surface area contributed by atoms with Crippen LogP contribution in [-0.2, 0) is 19.6 Å². The van der Waals surface area contributed by atoms with E-state index in [-0.39, 0.29) is 21.6 Å². The van der Waals surface area contributed by atoms with E-state index in [4.69, 9.17) is 11.6 Å². The smallest absolute Gasteiger partial charge is 0.283 e. The zero-order chi connectivity index (χ0) is 25.3. The molecule has 2 heterocycles. The zero-order valence-electron chi connectivity index (χ0n) is 19.1. The number of halogens is 1. The van der Waals surface area contributed by atoms with Crippen molar-refractivity contribution in [3.63, 3.8) is 0 Å². The Morgan fingerprint density at radius 1 is 0.943 bits per heavy atom. The minimum atomic E-state index is -3.93. The fourth-order valence-corrected chi connectivity index (χ4v) is 4.56. The van der Waals surface area contributed by atoms with Crippen molar-refractivity contribution in [1.29, 1.82) is 0 Å². The Morgan fingerprint density at radius 3 is 2.20 bits per heavy atom. The van der Waals surface area contributed by atoms with Crippen LogP contribution in [0.2, 0.25) is 0 Å². The number of hydrogen-bond acceptors (Lipinski definition) is 7. The van der Waals surface area contributed by atoms with Gasteiger partial charge in [-0.1, -0.05) is 37.6 Å². The van der Waals surface area contributed by atoms with Gasteiger partial charge in [-0.3, -0.25) is 9.59 Å². The Kier molecular flexibility index (Phi) is 6.60. The number of aryl methyl sites for hydroxylation is 1. The summed E-state index contributed by atoms with van der Waals surface area (Å²) in [5, 5.41) is 2.58. The second-order valence-electron chi connectivity index (χ2n) is 8.16. The molecule has 1 aliphatic rings. The zero-order valence-corrected chi connectivity index (χ0v) is 20.7. The van der Waals surface area contributed by atoms with Gasteiger partial charge in [0.2, 0.25) is 5.95 Å². The quantitative estimate of drug-likeness (QED) is 0.457. The molecule has 0 aliphatic carbocycles. The largest absolute Gasteiger partial charge is 0.350 e. The molecule has 0 saturated carbocycles. The summed E-state index contributed by atoms with van der Waals surface area (Å²) in [4.78, 5) is 34.6. The average molecular weight is 512 g/mol. The number of carbonyl (C=O) groups excluding carboxylic acids is 2. The molecule has 2 aromatic carbocycles. The molecule has 2 N–H and O–H groups in total. The summed E-state index contributed by atoms with van der Waals surface area (Å²) in [5.41, 5.74) is 2.38. The van der Waals surface area contributed by atoms with Crippen LogP contribution < -0.4 is 14.9 Å². The first-order valence-electron chi connectivity index (χ1n) is 10.6. The van der Waals surface area contributed by atoms with Crippen LogP contribution in [-0.4, -0.2) is 30.2 Å². The van der Waals surface area contributed by atoms with Crippen molar-refractivity contribution in [3.8, 4) is 0 Å². The second-order valence-corrected chi connectivity index (χ2v) is 10.2. The van der Waals surface area contributed by atoms with Gasteiger partial charge in [0, 0.05) is 17.6 Å². The third-order valence-electron chi connectivity index (χ3n) is 5.30. The molecule has 0 bridgehead atoms. The highest BCUT2D eigenvalue weighted by Gasteiger charge is 2.39. The highest BCUT2D eigenvalue weighted by Crippen LogP contribution is 2.31. The van der Waals surface area contributed by atoms with E-state index >= 15 is 0 Å². The molecule has 4 rings (SSSR count). The molecular weight excluding hydrogens is 490 g/mol. The maximum absolute atomic E-state index is 13.0. The summed E-state index contributed by atoms with van der Waals surface area (Å²) in [5.74, 6) is -0.981. The number of hydrogen-bond donors (Lipinski definition) is 2. The fourth-order valence-electron chi connectivity index (χ4n) is 3.39. The lowest BCUT2D eigenvalue weighted by atomic mass is 10.0. The lowest BCUT2D eigenvalue weighted by molar-refractivity contribution is -0.120. The highest BCUT2D eigenvalue weighted by molar-refractivity contribution is 7.92. The van der Waals surface area contributed by atoms with E-state index in [0.717, 1.165) is 10.5 Å². The van der Waals surface area contributed by atoms with Crippen molar-refractivity contribution in [1.82, 2.24) is 9.97 Å². The summed E-state index contributed by atoms with van der Waals surface area (Å²) in [6, 6.07) is 14.4. The summed E-state index contributed by atoms with van der Waals surface area (Å²) < 4.78 is 27.6. The molecule has 0 fully saturated rings. The van der Waals surface area contributed by atoms with E-state index in [0.29, 0.717) is 23.0 Å². The number of imide groups is 1. The number of nitrogens with one attached hydrogen (secondary N) is 2. The Balaban J connectivity index is 1.51. The van der Waals surface area contributed by atoms with Crippen molar-refractivity contribution in [2.75, 3.05) is 14.9 Å². The van der Waals surface area contributed by atoms with Crippen LogP contribution in [0.15, 0.2) is 76.4 Å². The minimum absolute atomic E-state index is 0.0334. The molecule has 0 atom stereocenters. The average Bonchev–Trinajstić information content (AvgIpc) is 3.02. The van der Waals surface area contributed by atoms with Crippen LogP contribution in [0.1, 0.15) is 31.0 Å². The Morgan fingerprint density at radius 2 is 1.60 bits per heavy atom. The molecule has 1 aliphatic heterocycles. The Labute approximate surface area is 207 Å². The van der Waals surface area contributed by atoms with E-state index in [9.17, 15) is 18.0 Å². The number of nitrogens with zero attached hydrogens (tertiary/aromatic N) is 3. The molecule has 35 heavy (non-hydrogen) atoms. The van der Waals surface area contributed by atoms with Crippen LogP contribution in [0.3, 0.4) is 0 Å². The topological polar surface area (TPSA) is 121 Å². The van der Waals surface area contributed by atoms with Gasteiger partial charge < -0.3 is 5.32 Å². The fraction of sp³-hybridized carbons (Fsp3) is 0.167. The number of aromatic nitrogens is 2. The van der Waals surface area contributed by atoms with Crippen molar-refractivity contribution in [2.24, 2.45) is 0 Å². The van der Waals surface area contributed by atoms with Gasteiger partial charge in [0.15, 0.2) is 0 Å². The van der Waals surface area contributed by atoms with Crippen LogP contribution in [0.25, 0.3) is 0 Å². The molecule has 0 spiro atoms. The van der Waals surface area contributed by atoms with Crippen molar-refractivity contribution in [3.05, 3.63) is 82.8 Å². The third kappa shape index (κ3) is 5.03. The molecule has 9 nitrogen and oxygen atoms in total. The lowest BCUT2D eigenvalue weighted by Crippen LogP contribution is -2.32. The molecule has 0 unspecified atom stereocenters. The summed E-state index contributed by atoms with van der Waals surface area (Å²) in [6.45, 7) is 5.81. The Bertz CT molecular complexity index is 1440. The SMILES string of the molecule is Cc1ccnc(NS(=O)(=O)c2ccc(NC3=C(Cl)C(=O)N(c4ccc(C(C)C)cc4)C3=O)cc2)n1. The first-order valence-corrected chi connectivity index (χ1v) is 12.5. The number of benzene rings is 2. The Hall–Kier alpha value is -3.76. The number of rotatable bonds is 7. The molecule has 0 radical (unpaired) electrons. The molecule has 2 amide bonds. The van der Waals surface area contributed by atoms with E-state index in [1.807, 2.05) is 26.0 Å². The van der Waals surface area contributed by atoms with Gasteiger partial charge in [0.25, 0.3) is 21.8 Å². The van der Waals surface area contributed by atoms with Gasteiger partial charge in [-0.05, 0) is 60.9 Å². The van der Waals surface area contributed by atoms with Gasteiger partial charge in [-0.2, -0.15) is 0 Å². The van der Waals surface area contributed by atoms with E-state index in [1.165, 1.54) is 30.5 Å². The van der Waals surface area contributed by atoms with Crippen LogP contribution in [0, 0.1) is 6.92 Å². The predicted molar refractivity (Wildman–Crippen MR) is 134 cm³/mol. The van der Waals surface area contributed by atoms with E-state index in [1.54, 1.807) is 25.1 Å². The molecule has 180 valence electrons. The lowest BCUT2D eigenvalue weighted by Gasteiger charge is -2.16. The molecule has 3 aromatic rings. The van der Waals surface area contributed by atoms with E-state index < -0.39 is 21.8 Å². The first-order chi connectivity index (χ1) is 16.6. The van der Waals surface area contributed by atoms with E-state index in [2.05, 4.69) is 20.0 Å². The second kappa shape index (κ2) is 9.47. The number of anilines is 3. The number of amides is 2. The highest BCUT2D eigenvalue weighted by atomic mass is 35.5. The standard InChI is InChI=1S/C24H22ClN5O4S/c1-14(2)16-4-8-18(9-5-16)30-22(31)20(25)21(23(30)32)28-17-6-10-19(11-7-17)35(33,34)29-24-26-13-12-15(3)27-24/h4-14,28H,1-3H3,(H,26,27,29). The molecule has 11 heteroatoms. The summed E-state index contributed by atoms with van der Waals surface area (Å²) >= 11 is 6.19. The van der Waals surface area contributed by atoms with Crippen molar-refractivity contribution in [2.45, 2.75) is 31.6 Å². The third-order valence-corrected chi connectivity index (χ3v) is 6.99. The summed E-state index contributed by atoms with van der Waals surface area (Å²) in [6.07, 6.45) is 1.45. The van der Waals surface area contributed by atoms with Gasteiger partial charge in [-0.15, -0.1) is 0 Å². The van der Waals surface area contributed by atoms with Gasteiger partial charge >= 0.3 is 0 Å².